The second-order valence-corrected chi connectivity index (χ2v) is 3.32. The molecule has 0 bridgehead atoms. The summed E-state index contributed by atoms with van der Waals surface area (Å²) in [5.74, 6) is 0.757. The monoisotopic (exact) mass is 167 g/mol. The highest BCUT2D eigenvalue weighted by Crippen LogP contribution is 2.25. The largest absolute Gasteiger partial charge is 0.381 e. The van der Waals surface area contributed by atoms with E-state index in [-0.39, 0.29) is 0 Å². The van der Waals surface area contributed by atoms with Crippen LogP contribution in [0.2, 0.25) is 0 Å². The minimum atomic E-state index is -0.752. The summed E-state index contributed by atoms with van der Waals surface area (Å²) in [5.41, 5.74) is -0.752. The molecule has 1 saturated heterocycles. The van der Waals surface area contributed by atoms with E-state index in [0.29, 0.717) is 6.54 Å². The zero-order valence-corrected chi connectivity index (χ0v) is 7.12. The molecule has 2 N–H and O–H groups in total. The number of aromatic nitrogens is 2. The first-order chi connectivity index (χ1) is 5.72. The highest BCUT2D eigenvalue weighted by Gasteiger charge is 2.36. The molecule has 1 aliphatic rings. The SMILES string of the molecule is Cn1ccnc1C1(O)CCNC1. The summed E-state index contributed by atoms with van der Waals surface area (Å²) in [7, 11) is 1.90. The summed E-state index contributed by atoms with van der Waals surface area (Å²) in [6.45, 7) is 1.47. The number of nitrogens with one attached hydrogen (secondary N) is 1. The Balaban J connectivity index is 2.34. The molecule has 1 unspecified atom stereocenters. The van der Waals surface area contributed by atoms with Gasteiger partial charge in [0.25, 0.3) is 0 Å². The fourth-order valence-corrected chi connectivity index (χ4v) is 1.68. The lowest BCUT2D eigenvalue weighted by molar-refractivity contribution is 0.0465. The van der Waals surface area contributed by atoms with Gasteiger partial charge in [-0.25, -0.2) is 4.98 Å². The fourth-order valence-electron chi connectivity index (χ4n) is 1.68. The molecule has 0 saturated carbocycles. The minimum absolute atomic E-state index is 0.609. The molecule has 4 heteroatoms. The Hall–Kier alpha value is -0.870. The van der Waals surface area contributed by atoms with Crippen LogP contribution in [0.1, 0.15) is 12.2 Å². The molecule has 1 aromatic rings. The molecule has 12 heavy (non-hydrogen) atoms. The zero-order valence-electron chi connectivity index (χ0n) is 7.12. The van der Waals surface area contributed by atoms with Crippen molar-refractivity contribution in [2.24, 2.45) is 7.05 Å². The number of imidazole rings is 1. The van der Waals surface area contributed by atoms with E-state index in [1.54, 1.807) is 6.20 Å². The Bertz CT molecular complexity index is 276. The van der Waals surface area contributed by atoms with Crippen LogP contribution in [-0.2, 0) is 12.6 Å². The van der Waals surface area contributed by atoms with Gasteiger partial charge in [-0.2, -0.15) is 0 Å². The van der Waals surface area contributed by atoms with Crippen molar-refractivity contribution in [1.82, 2.24) is 14.9 Å². The number of hydrogen-bond donors (Lipinski definition) is 2. The predicted molar refractivity (Wildman–Crippen MR) is 44.6 cm³/mol. The highest BCUT2D eigenvalue weighted by atomic mass is 16.3. The Morgan fingerprint density at radius 1 is 1.75 bits per heavy atom. The molecular formula is C8H13N3O. The maximum Gasteiger partial charge on any atom is 0.141 e. The van der Waals surface area contributed by atoms with E-state index in [2.05, 4.69) is 10.3 Å². The smallest absolute Gasteiger partial charge is 0.141 e. The molecule has 0 aromatic carbocycles. The van der Waals surface area contributed by atoms with Gasteiger partial charge in [-0.3, -0.25) is 0 Å². The van der Waals surface area contributed by atoms with Crippen molar-refractivity contribution in [1.29, 1.82) is 0 Å². The average molecular weight is 167 g/mol. The molecular weight excluding hydrogens is 154 g/mol. The van der Waals surface area contributed by atoms with Gasteiger partial charge in [0.15, 0.2) is 0 Å². The standard InChI is InChI=1S/C8H13N3O/c1-11-5-4-10-7(11)8(12)2-3-9-6-8/h4-5,9,12H,2-3,6H2,1H3. The van der Waals surface area contributed by atoms with Crippen molar-refractivity contribution in [2.75, 3.05) is 13.1 Å². The van der Waals surface area contributed by atoms with Crippen LogP contribution < -0.4 is 5.32 Å². The molecule has 2 rings (SSSR count). The van der Waals surface area contributed by atoms with Crippen LogP contribution in [0.15, 0.2) is 12.4 Å². The van der Waals surface area contributed by atoms with Gasteiger partial charge < -0.3 is 15.0 Å². The van der Waals surface area contributed by atoms with E-state index in [0.717, 1.165) is 18.8 Å². The lowest BCUT2D eigenvalue weighted by Gasteiger charge is -2.20. The summed E-state index contributed by atoms with van der Waals surface area (Å²) in [6.07, 6.45) is 4.31. The molecule has 1 aliphatic heterocycles. The second kappa shape index (κ2) is 2.57. The van der Waals surface area contributed by atoms with E-state index in [9.17, 15) is 5.11 Å². The normalized spacial score (nSPS) is 29.5. The third-order valence-corrected chi connectivity index (χ3v) is 2.37. The highest BCUT2D eigenvalue weighted by molar-refractivity contribution is 5.08. The fraction of sp³-hybridized carbons (Fsp3) is 0.625. The van der Waals surface area contributed by atoms with E-state index >= 15 is 0 Å². The minimum Gasteiger partial charge on any atom is -0.381 e. The van der Waals surface area contributed by atoms with E-state index in [1.165, 1.54) is 0 Å². The third kappa shape index (κ3) is 1.04. The van der Waals surface area contributed by atoms with Gasteiger partial charge in [-0.1, -0.05) is 0 Å². The van der Waals surface area contributed by atoms with Crippen molar-refractivity contribution >= 4 is 0 Å². The van der Waals surface area contributed by atoms with Crippen LogP contribution in [0.25, 0.3) is 0 Å². The summed E-state index contributed by atoms with van der Waals surface area (Å²) < 4.78 is 1.87. The molecule has 1 fully saturated rings. The lowest BCUT2D eigenvalue weighted by Crippen LogP contribution is -2.31. The van der Waals surface area contributed by atoms with E-state index in [4.69, 9.17) is 0 Å². The van der Waals surface area contributed by atoms with Gasteiger partial charge in [0, 0.05) is 26.0 Å². The topological polar surface area (TPSA) is 50.1 Å². The van der Waals surface area contributed by atoms with Crippen molar-refractivity contribution in [3.63, 3.8) is 0 Å². The number of nitrogens with zero attached hydrogens (tertiary/aromatic N) is 2. The number of rotatable bonds is 1. The maximum absolute atomic E-state index is 10.1. The summed E-state index contributed by atoms with van der Waals surface area (Å²) in [6, 6.07) is 0. The molecule has 0 aliphatic carbocycles. The first kappa shape index (κ1) is 7.76. The van der Waals surface area contributed by atoms with Gasteiger partial charge in [0.2, 0.25) is 0 Å². The molecule has 4 nitrogen and oxygen atoms in total. The third-order valence-electron chi connectivity index (χ3n) is 2.37. The van der Waals surface area contributed by atoms with Gasteiger partial charge in [-0.05, 0) is 13.0 Å². The van der Waals surface area contributed by atoms with Gasteiger partial charge in [0.05, 0.1) is 0 Å². The van der Waals surface area contributed by atoms with Crippen LogP contribution in [0.5, 0.6) is 0 Å². The van der Waals surface area contributed by atoms with Crippen LogP contribution in [0.4, 0.5) is 0 Å². The molecule has 66 valence electrons. The predicted octanol–water partition coefficient (Wildman–Crippen LogP) is -0.399. The summed E-state index contributed by atoms with van der Waals surface area (Å²) >= 11 is 0. The van der Waals surface area contributed by atoms with Gasteiger partial charge >= 0.3 is 0 Å². The van der Waals surface area contributed by atoms with Gasteiger partial charge in [0.1, 0.15) is 11.4 Å². The van der Waals surface area contributed by atoms with Crippen LogP contribution in [-0.4, -0.2) is 27.7 Å². The average Bonchev–Trinajstić information content (AvgIpc) is 2.59. The van der Waals surface area contributed by atoms with Crippen molar-refractivity contribution in [3.05, 3.63) is 18.2 Å². The zero-order chi connectivity index (χ0) is 8.60. The van der Waals surface area contributed by atoms with Crippen molar-refractivity contribution < 1.29 is 5.11 Å². The van der Waals surface area contributed by atoms with E-state index < -0.39 is 5.60 Å². The molecule has 2 heterocycles. The second-order valence-electron chi connectivity index (χ2n) is 3.32. The summed E-state index contributed by atoms with van der Waals surface area (Å²) in [4.78, 5) is 4.14. The first-order valence-corrected chi connectivity index (χ1v) is 4.13. The quantitative estimate of drug-likeness (QED) is 0.598. The van der Waals surface area contributed by atoms with E-state index in [1.807, 2.05) is 17.8 Å². The number of aliphatic hydroxyl groups is 1. The Kier molecular flexibility index (Phi) is 1.66. The van der Waals surface area contributed by atoms with Gasteiger partial charge in [-0.15, -0.1) is 0 Å². The number of hydrogen-bond acceptors (Lipinski definition) is 3. The number of aryl methyl sites for hydroxylation is 1. The van der Waals surface area contributed by atoms with Crippen molar-refractivity contribution in [2.45, 2.75) is 12.0 Å². The Morgan fingerprint density at radius 3 is 3.08 bits per heavy atom. The molecule has 0 radical (unpaired) electrons. The molecule has 1 atom stereocenters. The first-order valence-electron chi connectivity index (χ1n) is 4.13. The van der Waals surface area contributed by atoms with Crippen molar-refractivity contribution in [3.8, 4) is 0 Å². The Morgan fingerprint density at radius 2 is 2.58 bits per heavy atom. The molecule has 0 spiro atoms. The summed E-state index contributed by atoms with van der Waals surface area (Å²) in [5, 5.41) is 13.2. The van der Waals surface area contributed by atoms with Crippen LogP contribution >= 0.6 is 0 Å². The lowest BCUT2D eigenvalue weighted by atomic mass is 10.0. The molecule has 1 aromatic heterocycles. The molecule has 0 amide bonds. The maximum atomic E-state index is 10.1. The number of β-amino-alcohol motifs (C(OH)–C–C–N with tert-alkyl or cyclic N) is 1. The van der Waals surface area contributed by atoms with Crippen LogP contribution in [0, 0.1) is 0 Å². The Labute approximate surface area is 71.2 Å². The van der Waals surface area contributed by atoms with Crippen LogP contribution in [0.3, 0.4) is 0 Å².